The summed E-state index contributed by atoms with van der Waals surface area (Å²) in [6.45, 7) is 2.64. The van der Waals surface area contributed by atoms with Gasteiger partial charge < -0.3 is 5.32 Å². The smallest absolute Gasteiger partial charge is 0.251 e. The summed E-state index contributed by atoms with van der Waals surface area (Å²) in [6.07, 6.45) is 7.80. The van der Waals surface area contributed by atoms with Crippen LogP contribution < -0.4 is 5.32 Å². The van der Waals surface area contributed by atoms with Crippen LogP contribution >= 0.6 is 15.9 Å². The highest BCUT2D eigenvalue weighted by Crippen LogP contribution is 2.16. The molecular weight excluding hydrogens is 278 g/mol. The zero-order chi connectivity index (χ0) is 12.7. The SMILES string of the molecule is C#CCCCCNC(=O)c1ccc(Br)c(C)c1. The third-order valence-corrected chi connectivity index (χ3v) is 3.34. The first-order valence-corrected chi connectivity index (χ1v) is 6.42. The molecule has 2 nitrogen and oxygen atoms in total. The van der Waals surface area contributed by atoms with Crippen molar-refractivity contribution in [2.45, 2.75) is 26.2 Å². The molecule has 0 spiro atoms. The third-order valence-electron chi connectivity index (χ3n) is 2.45. The van der Waals surface area contributed by atoms with E-state index in [1.54, 1.807) is 0 Å². The monoisotopic (exact) mass is 293 g/mol. The molecule has 0 unspecified atom stereocenters. The van der Waals surface area contributed by atoms with Crippen molar-refractivity contribution in [3.63, 3.8) is 0 Å². The average molecular weight is 294 g/mol. The third kappa shape index (κ3) is 4.62. The number of halogens is 1. The van der Waals surface area contributed by atoms with Crippen LogP contribution in [0.25, 0.3) is 0 Å². The molecule has 0 heterocycles. The molecule has 1 N–H and O–H groups in total. The first-order chi connectivity index (χ1) is 8.15. The fourth-order valence-corrected chi connectivity index (χ4v) is 1.69. The lowest BCUT2D eigenvalue weighted by molar-refractivity contribution is 0.0953. The van der Waals surface area contributed by atoms with Gasteiger partial charge >= 0.3 is 0 Å². The number of rotatable bonds is 5. The molecule has 1 amide bonds. The Morgan fingerprint density at radius 1 is 1.47 bits per heavy atom. The van der Waals surface area contributed by atoms with Crippen molar-refractivity contribution in [2.75, 3.05) is 6.54 Å². The summed E-state index contributed by atoms with van der Waals surface area (Å²) in [7, 11) is 0. The zero-order valence-electron chi connectivity index (χ0n) is 9.92. The number of hydrogen-bond acceptors (Lipinski definition) is 1. The number of amides is 1. The summed E-state index contributed by atoms with van der Waals surface area (Å²) in [5.74, 6) is 2.56. The lowest BCUT2D eigenvalue weighted by atomic mass is 10.1. The van der Waals surface area contributed by atoms with Gasteiger partial charge in [-0.1, -0.05) is 15.9 Å². The lowest BCUT2D eigenvalue weighted by Gasteiger charge is -2.06. The summed E-state index contributed by atoms with van der Waals surface area (Å²) < 4.78 is 1.02. The molecule has 0 atom stereocenters. The summed E-state index contributed by atoms with van der Waals surface area (Å²) >= 11 is 3.41. The molecule has 0 radical (unpaired) electrons. The van der Waals surface area contributed by atoms with Gasteiger partial charge in [0.1, 0.15) is 0 Å². The second kappa shape index (κ2) is 7.13. The number of benzene rings is 1. The number of nitrogens with one attached hydrogen (secondary N) is 1. The molecule has 0 aliphatic heterocycles. The van der Waals surface area contributed by atoms with E-state index in [1.807, 2.05) is 25.1 Å². The molecule has 90 valence electrons. The van der Waals surface area contributed by atoms with E-state index in [-0.39, 0.29) is 5.91 Å². The van der Waals surface area contributed by atoms with Gasteiger partial charge in [-0.2, -0.15) is 0 Å². The van der Waals surface area contributed by atoms with Gasteiger partial charge in [-0.05, 0) is 43.5 Å². The molecule has 0 aliphatic rings. The topological polar surface area (TPSA) is 29.1 Å². The number of carbonyl (C=O) groups excluding carboxylic acids is 1. The van der Waals surface area contributed by atoms with Crippen molar-refractivity contribution in [3.8, 4) is 12.3 Å². The van der Waals surface area contributed by atoms with Crippen molar-refractivity contribution in [3.05, 3.63) is 33.8 Å². The number of unbranched alkanes of at least 4 members (excludes halogenated alkanes) is 2. The van der Waals surface area contributed by atoms with Crippen molar-refractivity contribution in [1.29, 1.82) is 0 Å². The van der Waals surface area contributed by atoms with E-state index in [4.69, 9.17) is 6.42 Å². The molecule has 0 bridgehead atoms. The van der Waals surface area contributed by atoms with Gasteiger partial charge in [0, 0.05) is 23.0 Å². The molecule has 0 fully saturated rings. The zero-order valence-corrected chi connectivity index (χ0v) is 11.5. The Balaban J connectivity index is 2.42. The minimum atomic E-state index is -0.0266. The molecule has 1 aromatic carbocycles. The van der Waals surface area contributed by atoms with Gasteiger partial charge in [0.25, 0.3) is 5.91 Å². The van der Waals surface area contributed by atoms with E-state index in [9.17, 15) is 4.79 Å². The van der Waals surface area contributed by atoms with Gasteiger partial charge in [-0.15, -0.1) is 12.3 Å². The standard InChI is InChI=1S/C14H16BrNO/c1-3-4-5-6-9-16-14(17)12-7-8-13(15)11(2)10-12/h1,7-8,10H,4-6,9H2,2H3,(H,16,17). The number of carbonyl (C=O) groups is 1. The van der Waals surface area contributed by atoms with Crippen molar-refractivity contribution in [1.82, 2.24) is 5.32 Å². The highest BCUT2D eigenvalue weighted by atomic mass is 79.9. The maximum atomic E-state index is 11.8. The average Bonchev–Trinajstić information content (AvgIpc) is 2.32. The molecule has 1 aromatic rings. The van der Waals surface area contributed by atoms with Crippen LogP contribution in [0.3, 0.4) is 0 Å². The second-order valence-corrected chi connectivity index (χ2v) is 4.74. The van der Waals surface area contributed by atoms with Crippen LogP contribution in [0.2, 0.25) is 0 Å². The quantitative estimate of drug-likeness (QED) is 0.655. The number of terminal acetylenes is 1. The minimum Gasteiger partial charge on any atom is -0.352 e. The lowest BCUT2D eigenvalue weighted by Crippen LogP contribution is -2.24. The number of aryl methyl sites for hydroxylation is 1. The van der Waals surface area contributed by atoms with Crippen LogP contribution in [0.4, 0.5) is 0 Å². The Labute approximate surface area is 111 Å². The van der Waals surface area contributed by atoms with Gasteiger partial charge in [0.05, 0.1) is 0 Å². The van der Waals surface area contributed by atoms with E-state index >= 15 is 0 Å². The van der Waals surface area contributed by atoms with Crippen molar-refractivity contribution >= 4 is 21.8 Å². The second-order valence-electron chi connectivity index (χ2n) is 3.88. The molecule has 0 aromatic heterocycles. The van der Waals surface area contributed by atoms with E-state index in [1.165, 1.54) is 0 Å². The Kier molecular flexibility index (Phi) is 5.79. The summed E-state index contributed by atoms with van der Waals surface area (Å²) in [5, 5.41) is 2.88. The number of hydrogen-bond donors (Lipinski definition) is 1. The highest BCUT2D eigenvalue weighted by molar-refractivity contribution is 9.10. The van der Waals surface area contributed by atoms with Crippen LogP contribution in [-0.2, 0) is 0 Å². The maximum Gasteiger partial charge on any atom is 0.251 e. The van der Waals surface area contributed by atoms with Crippen LogP contribution in [0, 0.1) is 19.3 Å². The van der Waals surface area contributed by atoms with E-state index < -0.39 is 0 Å². The van der Waals surface area contributed by atoms with Crippen LogP contribution in [0.1, 0.15) is 35.2 Å². The fourth-order valence-electron chi connectivity index (χ4n) is 1.44. The summed E-state index contributed by atoms with van der Waals surface area (Å²) in [5.41, 5.74) is 1.76. The van der Waals surface area contributed by atoms with E-state index in [0.29, 0.717) is 12.1 Å². The largest absolute Gasteiger partial charge is 0.352 e. The van der Waals surface area contributed by atoms with Gasteiger partial charge in [-0.25, -0.2) is 0 Å². The van der Waals surface area contributed by atoms with Crippen molar-refractivity contribution in [2.24, 2.45) is 0 Å². The van der Waals surface area contributed by atoms with Crippen LogP contribution in [0.15, 0.2) is 22.7 Å². The van der Waals surface area contributed by atoms with Gasteiger partial charge in [-0.3, -0.25) is 4.79 Å². The molecule has 3 heteroatoms. The Morgan fingerprint density at radius 2 is 2.24 bits per heavy atom. The Hall–Kier alpha value is -1.27. The molecular formula is C14H16BrNO. The Bertz CT molecular complexity index is 434. The van der Waals surface area contributed by atoms with Gasteiger partial charge in [0.2, 0.25) is 0 Å². The summed E-state index contributed by atoms with van der Waals surface area (Å²) in [4.78, 5) is 11.8. The molecule has 0 saturated heterocycles. The Morgan fingerprint density at radius 3 is 2.88 bits per heavy atom. The predicted molar refractivity (Wildman–Crippen MR) is 73.9 cm³/mol. The molecule has 17 heavy (non-hydrogen) atoms. The van der Waals surface area contributed by atoms with E-state index in [0.717, 1.165) is 29.3 Å². The van der Waals surface area contributed by atoms with Crippen molar-refractivity contribution < 1.29 is 4.79 Å². The predicted octanol–water partition coefficient (Wildman–Crippen LogP) is 3.29. The first kappa shape index (κ1) is 13.8. The minimum absolute atomic E-state index is 0.0266. The fraction of sp³-hybridized carbons (Fsp3) is 0.357. The van der Waals surface area contributed by atoms with E-state index in [2.05, 4.69) is 27.2 Å². The molecule has 0 saturated carbocycles. The van der Waals surface area contributed by atoms with Crippen LogP contribution in [-0.4, -0.2) is 12.5 Å². The first-order valence-electron chi connectivity index (χ1n) is 5.63. The maximum absolute atomic E-state index is 11.8. The highest BCUT2D eigenvalue weighted by Gasteiger charge is 2.05. The normalized spacial score (nSPS) is 9.71. The molecule has 1 rings (SSSR count). The van der Waals surface area contributed by atoms with Crippen LogP contribution in [0.5, 0.6) is 0 Å². The molecule has 0 aliphatic carbocycles. The summed E-state index contributed by atoms with van der Waals surface area (Å²) in [6, 6.07) is 5.58. The van der Waals surface area contributed by atoms with Gasteiger partial charge in [0.15, 0.2) is 0 Å².